The predicted octanol–water partition coefficient (Wildman–Crippen LogP) is 8.87. The number of Topliss-reactive ketones (excluding diaryl/α,β-unsaturated/α-hetero) is 1. The van der Waals surface area contributed by atoms with Crippen LogP contribution in [0.15, 0.2) is 82.6 Å². The van der Waals surface area contributed by atoms with E-state index in [4.69, 9.17) is 65.4 Å². The Hall–Kier alpha value is -3.40. The molecule has 4 aromatic carbocycles. The third kappa shape index (κ3) is 18.7. The smallest absolute Gasteiger partial charge is 0.314 e. The van der Waals surface area contributed by atoms with Gasteiger partial charge in [-0.2, -0.15) is 0 Å². The Kier molecular flexibility index (Phi) is 24.2. The van der Waals surface area contributed by atoms with Crippen molar-refractivity contribution < 1.29 is 45.4 Å². The summed E-state index contributed by atoms with van der Waals surface area (Å²) in [6.45, 7) is 6.10. The van der Waals surface area contributed by atoms with Gasteiger partial charge in [-0.3, -0.25) is 4.79 Å². The number of fused-ring (bicyclic) bond motifs is 2. The van der Waals surface area contributed by atoms with Gasteiger partial charge >= 0.3 is 6.03 Å². The summed E-state index contributed by atoms with van der Waals surface area (Å²) in [6.07, 6.45) is 4.13. The molecule has 2 aliphatic heterocycles. The number of nitrogens with one attached hydrogen (secondary N) is 3. The van der Waals surface area contributed by atoms with Crippen molar-refractivity contribution in [3.05, 3.63) is 126 Å². The first kappa shape index (κ1) is 59.8. The molecule has 0 saturated carbocycles. The van der Waals surface area contributed by atoms with E-state index < -0.39 is 19.9 Å². The number of hydrogen-bond donors (Lipinski definition) is 3. The maximum Gasteiger partial charge on any atom is 0.314 e. The number of carbonyl (C=O) groups excluding carboxylic acids is 2. The maximum atomic E-state index is 13.2. The number of ketones is 1. The Balaban J connectivity index is 0.707. The quantitative estimate of drug-likeness (QED) is 0.0408. The summed E-state index contributed by atoms with van der Waals surface area (Å²) >= 11 is 25.7. The Labute approximate surface area is 457 Å². The van der Waals surface area contributed by atoms with Gasteiger partial charge in [-0.25, -0.2) is 26.4 Å². The monoisotopic (exact) mass is 1140 g/mol. The molecule has 0 fully saturated rings. The number of unbranched alkanes of at least 4 members (excludes halogenated alkanes) is 2. The lowest BCUT2D eigenvalue weighted by atomic mass is 9.85. The average Bonchev–Trinajstić information content (AvgIpc) is 3.36. The van der Waals surface area contributed by atoms with E-state index in [2.05, 4.69) is 25.2 Å². The van der Waals surface area contributed by atoms with Crippen LogP contribution < -0.4 is 15.4 Å². The fourth-order valence-electron chi connectivity index (χ4n) is 9.15. The summed E-state index contributed by atoms with van der Waals surface area (Å²) in [4.78, 5) is 29.2. The first-order valence-corrected chi connectivity index (χ1v) is 29.7. The van der Waals surface area contributed by atoms with Crippen LogP contribution >= 0.6 is 46.4 Å². The number of amides is 2. The lowest BCUT2D eigenvalue weighted by molar-refractivity contribution is -0.119. The molecular weight excluding hydrogens is 1070 g/mol. The summed E-state index contributed by atoms with van der Waals surface area (Å²) in [7, 11) is -3.30. The zero-order valence-electron chi connectivity index (χ0n) is 42.2. The fraction of sp³-hybridized carbons (Fsp3) is 0.509. The minimum Gasteiger partial charge on any atom is -0.379 e. The number of benzene rings is 4. The van der Waals surface area contributed by atoms with Crippen LogP contribution in [-0.2, 0) is 56.7 Å². The van der Waals surface area contributed by atoms with Crippen molar-refractivity contribution in [3.8, 4) is 0 Å². The topological polar surface area (TPSA) is 182 Å². The number of halogens is 4. The van der Waals surface area contributed by atoms with E-state index in [1.165, 1.54) is 0 Å². The molecule has 74 heavy (non-hydrogen) atoms. The normalized spacial score (nSPS) is 16.2. The van der Waals surface area contributed by atoms with E-state index in [9.17, 15) is 26.4 Å². The Bertz CT molecular complexity index is 2540. The molecule has 2 atom stereocenters. The molecule has 2 heterocycles. The van der Waals surface area contributed by atoms with Gasteiger partial charge in [0.1, 0.15) is 5.78 Å². The van der Waals surface area contributed by atoms with Crippen molar-refractivity contribution in [2.24, 2.45) is 0 Å². The lowest BCUT2D eigenvalue weighted by Crippen LogP contribution is -2.37. The second-order valence-electron chi connectivity index (χ2n) is 18.7. The highest BCUT2D eigenvalue weighted by molar-refractivity contribution is 7.91. The van der Waals surface area contributed by atoms with Crippen molar-refractivity contribution in [2.45, 2.75) is 79.7 Å². The molecule has 0 aromatic heterocycles. The SMILES string of the molecule is CN1Cc2c(Cl)cc(Cl)cc2[C@@H](c2cccc(S(=O)(=O)CCCOCCOCCNC(=O)NCCCCCC(=O)CCCOCCOCCNS(=O)(=O)c3cccc([C@@H]4CN(C)Cc5c(Cl)cc(Cl)cc54)c3)c2)C1. The standard InChI is InChI=1S/C53H69Cl4N5O10S2/c1-61-34-47(45-30-40(54)32-51(56)49(45)36-61)38-10-6-14-43(28-38)73(65,66)27-9-20-70-24-25-71-21-17-59-53(64)58-16-5-3-4-12-42(63)13-8-19-69-23-26-72-22-18-60-74(67,68)44-15-7-11-39(29-44)48-35-62(2)37-50-46(48)31-41(55)33-52(50)57/h6-7,10-11,14-15,28-33,47-48,60H,3-5,8-9,12-13,16-27,34-37H2,1-2H3,(H2,58,59,64)/t47-,48+/m1/s1. The van der Waals surface area contributed by atoms with Crippen LogP contribution in [0, 0.1) is 0 Å². The number of hydrogen-bond acceptors (Lipinski definition) is 12. The third-order valence-electron chi connectivity index (χ3n) is 12.9. The highest BCUT2D eigenvalue weighted by Gasteiger charge is 2.30. The van der Waals surface area contributed by atoms with Crippen LogP contribution in [0.25, 0.3) is 0 Å². The number of ether oxygens (including phenoxy) is 4. The van der Waals surface area contributed by atoms with Crippen LogP contribution in [0.4, 0.5) is 4.79 Å². The molecule has 0 spiro atoms. The molecule has 406 valence electrons. The average molecular weight is 1140 g/mol. The molecule has 2 amide bonds. The predicted molar refractivity (Wildman–Crippen MR) is 291 cm³/mol. The number of urea groups is 1. The largest absolute Gasteiger partial charge is 0.379 e. The molecule has 6 rings (SSSR count). The van der Waals surface area contributed by atoms with Gasteiger partial charge in [-0.05, 0) is 122 Å². The molecule has 15 nitrogen and oxygen atoms in total. The summed E-state index contributed by atoms with van der Waals surface area (Å²) in [5.74, 6) is -0.0300. The van der Waals surface area contributed by atoms with Crippen LogP contribution in [0.1, 0.15) is 90.2 Å². The number of likely N-dealkylation sites (N-methyl/N-ethyl adjacent to an activating group) is 2. The first-order valence-electron chi connectivity index (χ1n) is 25.1. The molecule has 0 saturated heterocycles. The minimum absolute atomic E-state index is 0.0488. The summed E-state index contributed by atoms with van der Waals surface area (Å²) < 4.78 is 77.7. The zero-order valence-corrected chi connectivity index (χ0v) is 46.8. The number of rotatable bonds is 31. The van der Waals surface area contributed by atoms with Gasteiger partial charge in [0, 0.05) is 104 Å². The van der Waals surface area contributed by atoms with Crippen molar-refractivity contribution in [3.63, 3.8) is 0 Å². The molecule has 4 aromatic rings. The van der Waals surface area contributed by atoms with Crippen LogP contribution in [-0.4, -0.2) is 144 Å². The Morgan fingerprint density at radius 2 is 1.07 bits per heavy atom. The van der Waals surface area contributed by atoms with Gasteiger partial charge in [0.15, 0.2) is 9.84 Å². The molecular formula is C53H69Cl4N5O10S2. The molecule has 2 aliphatic rings. The fourth-order valence-corrected chi connectivity index (χ4v) is 12.7. The van der Waals surface area contributed by atoms with Crippen molar-refractivity contribution in [2.75, 3.05) is 105 Å². The van der Waals surface area contributed by atoms with Crippen molar-refractivity contribution >= 4 is 78.1 Å². The minimum atomic E-state index is -3.78. The molecule has 0 bridgehead atoms. The van der Waals surface area contributed by atoms with Gasteiger partial charge in [0.2, 0.25) is 10.0 Å². The van der Waals surface area contributed by atoms with Gasteiger partial charge in [0.05, 0.1) is 55.2 Å². The molecule has 0 aliphatic carbocycles. The van der Waals surface area contributed by atoms with E-state index in [0.717, 1.165) is 52.6 Å². The number of sulfonamides is 1. The van der Waals surface area contributed by atoms with E-state index in [-0.39, 0.29) is 59.0 Å². The number of carbonyl (C=O) groups is 2. The third-order valence-corrected chi connectivity index (χ3v) is 17.2. The van der Waals surface area contributed by atoms with Crippen molar-refractivity contribution in [1.29, 1.82) is 0 Å². The second-order valence-corrected chi connectivity index (χ2v) is 24.3. The van der Waals surface area contributed by atoms with E-state index in [1.54, 1.807) is 48.5 Å². The zero-order chi connectivity index (χ0) is 53.1. The van der Waals surface area contributed by atoms with Crippen molar-refractivity contribution in [1.82, 2.24) is 25.2 Å². The first-order chi connectivity index (χ1) is 35.5. The van der Waals surface area contributed by atoms with Gasteiger partial charge in [-0.1, -0.05) is 77.1 Å². The molecule has 0 radical (unpaired) electrons. The molecule has 3 N–H and O–H groups in total. The number of nitrogens with zero attached hydrogens (tertiary/aromatic N) is 2. The second kappa shape index (κ2) is 29.9. The van der Waals surface area contributed by atoms with E-state index in [1.807, 2.05) is 38.4 Å². The lowest BCUT2D eigenvalue weighted by Gasteiger charge is -2.33. The van der Waals surface area contributed by atoms with Crippen LogP contribution in [0.3, 0.4) is 0 Å². The Morgan fingerprint density at radius 1 is 0.568 bits per heavy atom. The van der Waals surface area contributed by atoms with Crippen LogP contribution in [0.5, 0.6) is 0 Å². The van der Waals surface area contributed by atoms with E-state index >= 15 is 0 Å². The molecule has 0 unspecified atom stereocenters. The summed E-state index contributed by atoms with van der Waals surface area (Å²) in [5.41, 5.74) is 5.78. The summed E-state index contributed by atoms with van der Waals surface area (Å²) in [6, 6.07) is 21.1. The summed E-state index contributed by atoms with van der Waals surface area (Å²) in [5, 5.41) is 7.87. The maximum absolute atomic E-state index is 13.2. The molecule has 21 heteroatoms. The van der Waals surface area contributed by atoms with Gasteiger partial charge in [-0.15, -0.1) is 0 Å². The van der Waals surface area contributed by atoms with Gasteiger partial charge in [0.25, 0.3) is 0 Å². The van der Waals surface area contributed by atoms with Gasteiger partial charge < -0.3 is 39.4 Å². The van der Waals surface area contributed by atoms with E-state index in [0.29, 0.717) is 125 Å². The highest BCUT2D eigenvalue weighted by Crippen LogP contribution is 2.40. The Morgan fingerprint density at radius 3 is 1.66 bits per heavy atom. The number of sulfone groups is 1. The highest BCUT2D eigenvalue weighted by atomic mass is 35.5. The van der Waals surface area contributed by atoms with Crippen LogP contribution in [0.2, 0.25) is 20.1 Å².